The van der Waals surface area contributed by atoms with Gasteiger partial charge >= 0.3 is 6.18 Å². The average Bonchev–Trinajstić information content (AvgIpc) is 2.89. The highest BCUT2D eigenvalue weighted by atomic mass is 19.4. The smallest absolute Gasteiger partial charge is 0.383 e. The van der Waals surface area contributed by atoms with Crippen LogP contribution in [0.1, 0.15) is 28.0 Å². The molecule has 0 radical (unpaired) electrons. The summed E-state index contributed by atoms with van der Waals surface area (Å²) >= 11 is 0. The van der Waals surface area contributed by atoms with E-state index in [1.807, 2.05) is 0 Å². The summed E-state index contributed by atoms with van der Waals surface area (Å²) in [6.45, 7) is 3.00. The number of aryl methyl sites for hydroxylation is 1. The number of aromatic nitrogens is 1. The topological polar surface area (TPSA) is 71.5 Å². The summed E-state index contributed by atoms with van der Waals surface area (Å²) in [6, 6.07) is 1.16. The van der Waals surface area contributed by atoms with Crippen LogP contribution < -0.4 is 5.32 Å². The van der Waals surface area contributed by atoms with Gasteiger partial charge in [0.2, 0.25) is 5.91 Å². The summed E-state index contributed by atoms with van der Waals surface area (Å²) in [5.41, 5.74) is -1.05. The van der Waals surface area contributed by atoms with Crippen molar-refractivity contribution in [3.05, 3.63) is 29.1 Å². The Morgan fingerprint density at radius 2 is 2.20 bits per heavy atom. The van der Waals surface area contributed by atoms with Crippen molar-refractivity contribution in [2.45, 2.75) is 19.5 Å². The van der Waals surface area contributed by atoms with Gasteiger partial charge in [0.15, 0.2) is 0 Å². The fourth-order valence-corrected chi connectivity index (χ4v) is 2.74. The Labute approximate surface area is 143 Å². The molecular weight excluding hydrogens is 339 g/mol. The number of alkyl halides is 3. The quantitative estimate of drug-likeness (QED) is 0.838. The third kappa shape index (κ3) is 4.91. The van der Waals surface area contributed by atoms with Gasteiger partial charge in [-0.15, -0.1) is 0 Å². The molecule has 0 saturated carbocycles. The monoisotopic (exact) mass is 359 g/mol. The SMILES string of the molecule is COCCN1CC(CNC(=O)c2cnc(C(F)(F)F)c(C)c2)CC1=O. The average molecular weight is 359 g/mol. The standard InChI is InChI=1S/C16H20F3N3O3/c1-10-5-12(8-20-14(10)16(17,18)19)15(24)21-7-11-6-13(23)22(9-11)3-4-25-2/h5,8,11H,3-4,6-7,9H2,1-2H3,(H,21,24). The minimum Gasteiger partial charge on any atom is -0.383 e. The number of nitrogens with zero attached hydrogens (tertiary/aromatic N) is 2. The third-order valence-electron chi connectivity index (χ3n) is 4.02. The predicted molar refractivity (Wildman–Crippen MR) is 82.9 cm³/mol. The van der Waals surface area contributed by atoms with E-state index in [4.69, 9.17) is 4.74 Å². The molecule has 2 heterocycles. The predicted octanol–water partition coefficient (Wildman–Crippen LogP) is 1.63. The maximum atomic E-state index is 12.7. The van der Waals surface area contributed by atoms with Crippen molar-refractivity contribution in [1.29, 1.82) is 0 Å². The molecule has 0 spiro atoms. The Hall–Kier alpha value is -2.16. The fraction of sp³-hybridized carbons (Fsp3) is 0.562. The van der Waals surface area contributed by atoms with Crippen LogP contribution in [0.3, 0.4) is 0 Å². The number of carbonyl (C=O) groups is 2. The molecule has 25 heavy (non-hydrogen) atoms. The van der Waals surface area contributed by atoms with E-state index < -0.39 is 17.8 Å². The van der Waals surface area contributed by atoms with Gasteiger partial charge in [0.05, 0.1) is 12.2 Å². The number of likely N-dealkylation sites (tertiary alicyclic amines) is 1. The summed E-state index contributed by atoms with van der Waals surface area (Å²) in [4.78, 5) is 28.9. The number of halogens is 3. The highest BCUT2D eigenvalue weighted by Gasteiger charge is 2.34. The number of methoxy groups -OCH3 is 1. The molecule has 1 N–H and O–H groups in total. The van der Waals surface area contributed by atoms with Gasteiger partial charge in [-0.3, -0.25) is 14.6 Å². The first-order chi connectivity index (χ1) is 11.7. The molecule has 0 bridgehead atoms. The molecule has 1 aliphatic rings. The van der Waals surface area contributed by atoms with Crippen molar-refractivity contribution < 1.29 is 27.5 Å². The molecule has 9 heteroatoms. The number of hydrogen-bond donors (Lipinski definition) is 1. The third-order valence-corrected chi connectivity index (χ3v) is 4.02. The van der Waals surface area contributed by atoms with E-state index in [0.717, 1.165) is 12.3 Å². The van der Waals surface area contributed by atoms with Gasteiger partial charge in [-0.1, -0.05) is 0 Å². The first-order valence-corrected chi connectivity index (χ1v) is 7.81. The molecule has 6 nitrogen and oxygen atoms in total. The zero-order valence-electron chi connectivity index (χ0n) is 14.0. The van der Waals surface area contributed by atoms with E-state index in [0.29, 0.717) is 26.1 Å². The second-order valence-electron chi connectivity index (χ2n) is 6.00. The van der Waals surface area contributed by atoms with Crippen molar-refractivity contribution in [2.24, 2.45) is 5.92 Å². The molecule has 1 unspecified atom stereocenters. The lowest BCUT2D eigenvalue weighted by Gasteiger charge is -2.16. The van der Waals surface area contributed by atoms with E-state index in [2.05, 4.69) is 10.3 Å². The minimum absolute atomic E-state index is 0.00309. The summed E-state index contributed by atoms with van der Waals surface area (Å²) in [5, 5.41) is 2.65. The molecule has 0 aliphatic carbocycles. The maximum absolute atomic E-state index is 12.7. The van der Waals surface area contributed by atoms with Gasteiger partial charge in [0, 0.05) is 45.3 Å². The molecule has 1 atom stereocenters. The lowest BCUT2D eigenvalue weighted by molar-refractivity contribution is -0.141. The van der Waals surface area contributed by atoms with Crippen molar-refractivity contribution in [3.63, 3.8) is 0 Å². The molecule has 2 amide bonds. The zero-order valence-corrected chi connectivity index (χ0v) is 14.0. The van der Waals surface area contributed by atoms with E-state index in [1.54, 1.807) is 12.0 Å². The van der Waals surface area contributed by atoms with Crippen LogP contribution in [0.25, 0.3) is 0 Å². The number of ether oxygens (including phenoxy) is 1. The molecule has 1 aliphatic heterocycles. The summed E-state index contributed by atoms with van der Waals surface area (Å²) in [5.74, 6) is -0.535. The second kappa shape index (κ2) is 7.81. The summed E-state index contributed by atoms with van der Waals surface area (Å²) < 4.78 is 43.0. The molecule has 1 saturated heterocycles. The van der Waals surface area contributed by atoms with Gasteiger partial charge in [-0.2, -0.15) is 13.2 Å². The van der Waals surface area contributed by atoms with Crippen LogP contribution in [0.15, 0.2) is 12.3 Å². The van der Waals surface area contributed by atoms with Gasteiger partial charge < -0.3 is 15.0 Å². The maximum Gasteiger partial charge on any atom is 0.433 e. The first kappa shape index (κ1) is 19.2. The van der Waals surface area contributed by atoms with Gasteiger partial charge in [-0.25, -0.2) is 0 Å². The fourth-order valence-electron chi connectivity index (χ4n) is 2.74. The largest absolute Gasteiger partial charge is 0.433 e. The van der Waals surface area contributed by atoms with Crippen LogP contribution >= 0.6 is 0 Å². The first-order valence-electron chi connectivity index (χ1n) is 7.81. The number of amides is 2. The number of rotatable bonds is 6. The molecule has 2 rings (SSSR count). The number of hydrogen-bond acceptors (Lipinski definition) is 4. The van der Waals surface area contributed by atoms with Gasteiger partial charge in [0.1, 0.15) is 5.69 Å². The van der Waals surface area contributed by atoms with E-state index in [9.17, 15) is 22.8 Å². The van der Waals surface area contributed by atoms with Crippen LogP contribution in [0.5, 0.6) is 0 Å². The number of nitrogens with one attached hydrogen (secondary N) is 1. The Balaban J connectivity index is 1.91. The van der Waals surface area contributed by atoms with E-state index >= 15 is 0 Å². The second-order valence-corrected chi connectivity index (χ2v) is 6.00. The van der Waals surface area contributed by atoms with E-state index in [1.165, 1.54) is 6.92 Å². The minimum atomic E-state index is -4.55. The number of carbonyl (C=O) groups excluding carboxylic acids is 2. The summed E-state index contributed by atoms with van der Waals surface area (Å²) in [7, 11) is 1.55. The van der Waals surface area contributed by atoms with Crippen LogP contribution in [0.2, 0.25) is 0 Å². The Kier molecular flexibility index (Phi) is 5.99. The molecule has 0 aromatic carbocycles. The lowest BCUT2D eigenvalue weighted by Crippen LogP contribution is -2.32. The summed E-state index contributed by atoms with van der Waals surface area (Å²) in [6.07, 6.45) is -3.31. The van der Waals surface area contributed by atoms with Crippen molar-refractivity contribution >= 4 is 11.8 Å². The Morgan fingerprint density at radius 1 is 1.48 bits per heavy atom. The van der Waals surface area contributed by atoms with Crippen LogP contribution in [-0.2, 0) is 15.7 Å². The van der Waals surface area contributed by atoms with E-state index in [-0.39, 0.29) is 29.5 Å². The van der Waals surface area contributed by atoms with Gasteiger partial charge in [0.25, 0.3) is 5.91 Å². The molecule has 1 fully saturated rings. The zero-order chi connectivity index (χ0) is 18.6. The Bertz CT molecular complexity index is 649. The normalized spacial score (nSPS) is 17.9. The van der Waals surface area contributed by atoms with Gasteiger partial charge in [-0.05, 0) is 18.6 Å². The van der Waals surface area contributed by atoms with Crippen molar-refractivity contribution in [1.82, 2.24) is 15.2 Å². The van der Waals surface area contributed by atoms with Crippen LogP contribution in [-0.4, -0.2) is 55.0 Å². The molecule has 1 aromatic heterocycles. The lowest BCUT2D eigenvalue weighted by atomic mass is 10.1. The molecule has 1 aromatic rings. The molecule has 138 valence electrons. The Morgan fingerprint density at radius 3 is 2.80 bits per heavy atom. The highest BCUT2D eigenvalue weighted by Crippen LogP contribution is 2.30. The van der Waals surface area contributed by atoms with Crippen molar-refractivity contribution in [3.8, 4) is 0 Å². The number of pyridine rings is 1. The van der Waals surface area contributed by atoms with Crippen LogP contribution in [0, 0.1) is 12.8 Å². The highest BCUT2D eigenvalue weighted by molar-refractivity contribution is 5.94. The van der Waals surface area contributed by atoms with Crippen LogP contribution in [0.4, 0.5) is 13.2 Å². The molecular formula is C16H20F3N3O3. The van der Waals surface area contributed by atoms with Crippen molar-refractivity contribution in [2.75, 3.05) is 33.4 Å².